The second-order valence-corrected chi connectivity index (χ2v) is 3.49. The predicted octanol–water partition coefficient (Wildman–Crippen LogP) is 2.20. The minimum Gasteiger partial charge on any atom is -0.0733 e. The average Bonchev–Trinajstić information content (AvgIpc) is 1.61. The van der Waals surface area contributed by atoms with E-state index in [0.717, 1.165) is 15.4 Å². The topological polar surface area (TPSA) is 0 Å². The van der Waals surface area contributed by atoms with E-state index in [1.807, 2.05) is 0 Å². The largest absolute Gasteiger partial charge is 0.0733 e. The van der Waals surface area contributed by atoms with Crippen molar-refractivity contribution in [1.82, 2.24) is 0 Å². The summed E-state index contributed by atoms with van der Waals surface area (Å²) >= 11 is 0. The molecule has 0 spiro atoms. The van der Waals surface area contributed by atoms with Gasteiger partial charge in [-0.3, -0.25) is 0 Å². The molecule has 0 aromatic heterocycles. The Morgan fingerprint density at radius 1 is 1.43 bits per heavy atom. The highest BCUT2D eigenvalue weighted by Crippen LogP contribution is 2.01. The molecular weight excluding hydrogens is 100 g/mol. The zero-order chi connectivity index (χ0) is 5.70. The Morgan fingerprint density at radius 2 is 2.00 bits per heavy atom. The van der Waals surface area contributed by atoms with Crippen LogP contribution in [0.4, 0.5) is 0 Å². The maximum atomic E-state index is 2.28. The molecule has 0 aliphatic carbocycles. The van der Waals surface area contributed by atoms with Gasteiger partial charge in [0.25, 0.3) is 0 Å². The summed E-state index contributed by atoms with van der Waals surface area (Å²) < 4.78 is 0. The molecule has 0 amide bonds. The van der Waals surface area contributed by atoms with Crippen molar-refractivity contribution in [3.05, 3.63) is 0 Å². The summed E-state index contributed by atoms with van der Waals surface area (Å²) in [4.78, 5) is 0. The average molecular weight is 114 g/mol. The first-order chi connectivity index (χ1) is 3.27. The van der Waals surface area contributed by atoms with E-state index >= 15 is 0 Å². The zero-order valence-electron chi connectivity index (χ0n) is 5.49. The third kappa shape index (κ3) is 6.22. The minimum atomic E-state index is 0.910. The zero-order valence-corrected chi connectivity index (χ0v) is 6.49. The molecule has 0 aliphatic heterocycles. The Labute approximate surface area is 49.1 Å². The quantitative estimate of drug-likeness (QED) is 0.493. The van der Waals surface area contributed by atoms with Crippen LogP contribution in [0.2, 0.25) is 12.6 Å². The lowest BCUT2D eigenvalue weighted by Gasteiger charge is -1.98. The van der Waals surface area contributed by atoms with Gasteiger partial charge in [-0.25, -0.2) is 0 Å². The van der Waals surface area contributed by atoms with E-state index < -0.39 is 0 Å². The van der Waals surface area contributed by atoms with Crippen molar-refractivity contribution in [1.29, 1.82) is 0 Å². The first-order valence-corrected chi connectivity index (χ1v) is 4.62. The summed E-state index contributed by atoms with van der Waals surface area (Å²) in [6, 6.07) is 1.43. The Hall–Kier alpha value is 0.217. The molecule has 0 rings (SSSR count). The van der Waals surface area contributed by atoms with Crippen molar-refractivity contribution >= 4 is 9.52 Å². The molecule has 0 nitrogen and oxygen atoms in total. The van der Waals surface area contributed by atoms with Gasteiger partial charge in [-0.05, 0) is 5.92 Å². The third-order valence-electron chi connectivity index (χ3n) is 0.972. The highest BCUT2D eigenvalue weighted by Gasteiger charge is 1.89. The van der Waals surface area contributed by atoms with Crippen LogP contribution in [-0.2, 0) is 0 Å². The Balaban J connectivity index is 2.68. The van der Waals surface area contributed by atoms with E-state index in [-0.39, 0.29) is 0 Å². The van der Waals surface area contributed by atoms with Crippen molar-refractivity contribution in [2.45, 2.75) is 32.9 Å². The molecular formula is C6H14Si. The molecule has 0 fully saturated rings. The number of hydrogen-bond acceptors (Lipinski definition) is 0. The highest BCUT2D eigenvalue weighted by atomic mass is 28.2. The van der Waals surface area contributed by atoms with Gasteiger partial charge in [0.15, 0.2) is 0 Å². The van der Waals surface area contributed by atoms with Crippen molar-refractivity contribution in [2.24, 2.45) is 5.92 Å². The molecule has 0 saturated carbocycles. The molecule has 2 radical (unpaired) electrons. The van der Waals surface area contributed by atoms with Gasteiger partial charge in [0, 0.05) is 9.52 Å². The number of rotatable bonds is 3. The standard InChI is InChI=1S/C6H14Si/c1-6(2)4-5-7-3/h6H,4-5H2,1-3H3. The fourth-order valence-electron chi connectivity index (χ4n) is 0.433. The van der Waals surface area contributed by atoms with Crippen LogP contribution in [0.3, 0.4) is 0 Å². The van der Waals surface area contributed by atoms with E-state index in [1.54, 1.807) is 0 Å². The van der Waals surface area contributed by atoms with Crippen molar-refractivity contribution < 1.29 is 0 Å². The molecule has 0 unspecified atom stereocenters. The lowest BCUT2D eigenvalue weighted by atomic mass is 10.2. The highest BCUT2D eigenvalue weighted by molar-refractivity contribution is 6.33. The van der Waals surface area contributed by atoms with Crippen molar-refractivity contribution in [3.63, 3.8) is 0 Å². The van der Waals surface area contributed by atoms with Crippen LogP contribution in [0.25, 0.3) is 0 Å². The van der Waals surface area contributed by atoms with Crippen LogP contribution in [-0.4, -0.2) is 9.52 Å². The summed E-state index contributed by atoms with van der Waals surface area (Å²) in [5.41, 5.74) is 0. The molecule has 1 heteroatoms. The maximum Gasteiger partial charge on any atom is 0.0342 e. The molecule has 7 heavy (non-hydrogen) atoms. The van der Waals surface area contributed by atoms with Crippen LogP contribution in [0, 0.1) is 5.92 Å². The van der Waals surface area contributed by atoms with E-state index in [1.165, 1.54) is 12.5 Å². The summed E-state index contributed by atoms with van der Waals surface area (Å²) in [7, 11) is 1.15. The van der Waals surface area contributed by atoms with Gasteiger partial charge in [0.05, 0.1) is 0 Å². The van der Waals surface area contributed by atoms with Gasteiger partial charge in [0.2, 0.25) is 0 Å². The van der Waals surface area contributed by atoms with Gasteiger partial charge in [-0.15, -0.1) is 0 Å². The van der Waals surface area contributed by atoms with E-state index in [9.17, 15) is 0 Å². The van der Waals surface area contributed by atoms with Crippen LogP contribution in [0.15, 0.2) is 0 Å². The van der Waals surface area contributed by atoms with Gasteiger partial charge in [-0.2, -0.15) is 0 Å². The molecule has 0 heterocycles. The summed E-state index contributed by atoms with van der Waals surface area (Å²) in [6.45, 7) is 6.82. The SMILES string of the molecule is C[Si]CCC(C)C. The second-order valence-electron chi connectivity index (χ2n) is 2.29. The Kier molecular flexibility index (Phi) is 4.51. The van der Waals surface area contributed by atoms with Gasteiger partial charge >= 0.3 is 0 Å². The molecule has 0 aliphatic rings. The van der Waals surface area contributed by atoms with E-state index in [0.29, 0.717) is 0 Å². The summed E-state index contributed by atoms with van der Waals surface area (Å²) in [5, 5.41) is 0. The Morgan fingerprint density at radius 3 is 2.14 bits per heavy atom. The number of hydrogen-bond donors (Lipinski definition) is 0. The predicted molar refractivity (Wildman–Crippen MR) is 35.9 cm³/mol. The molecule has 0 atom stereocenters. The van der Waals surface area contributed by atoms with Crippen LogP contribution in [0.1, 0.15) is 20.3 Å². The summed E-state index contributed by atoms with van der Waals surface area (Å²) in [6.07, 6.45) is 1.41. The van der Waals surface area contributed by atoms with Crippen LogP contribution < -0.4 is 0 Å². The van der Waals surface area contributed by atoms with Crippen molar-refractivity contribution in [2.75, 3.05) is 0 Å². The lowest BCUT2D eigenvalue weighted by Crippen LogP contribution is -1.88. The van der Waals surface area contributed by atoms with Crippen molar-refractivity contribution in [3.8, 4) is 0 Å². The summed E-state index contributed by atoms with van der Waals surface area (Å²) in [5.74, 6) is 0.910. The lowest BCUT2D eigenvalue weighted by molar-refractivity contribution is 0.624. The van der Waals surface area contributed by atoms with E-state index in [4.69, 9.17) is 0 Å². The van der Waals surface area contributed by atoms with Gasteiger partial charge in [-0.1, -0.05) is 32.9 Å². The Bertz CT molecular complexity index is 33.2. The molecule has 0 saturated heterocycles. The van der Waals surface area contributed by atoms with E-state index in [2.05, 4.69) is 20.4 Å². The molecule has 0 bridgehead atoms. The second kappa shape index (κ2) is 4.38. The maximum absolute atomic E-state index is 2.28. The molecule has 0 N–H and O–H groups in total. The monoisotopic (exact) mass is 114 g/mol. The minimum absolute atomic E-state index is 0.910. The normalized spacial score (nSPS) is 10.3. The first kappa shape index (κ1) is 7.22. The molecule has 0 aromatic carbocycles. The van der Waals surface area contributed by atoms with Crippen LogP contribution >= 0.6 is 0 Å². The first-order valence-electron chi connectivity index (χ1n) is 2.92. The molecule has 42 valence electrons. The molecule has 0 aromatic rings. The smallest absolute Gasteiger partial charge is 0.0342 e. The van der Waals surface area contributed by atoms with Crippen LogP contribution in [0.5, 0.6) is 0 Å². The van der Waals surface area contributed by atoms with Gasteiger partial charge in [0.1, 0.15) is 0 Å². The fourth-order valence-corrected chi connectivity index (χ4v) is 1.30. The third-order valence-corrected chi connectivity index (χ3v) is 1.76. The van der Waals surface area contributed by atoms with Gasteiger partial charge < -0.3 is 0 Å². The fraction of sp³-hybridized carbons (Fsp3) is 1.00.